The van der Waals surface area contributed by atoms with Crippen LogP contribution < -0.4 is 25.5 Å². The molecular weight excluding hydrogens is 857 g/mol. The molecule has 1 fully saturated rings. The quantitative estimate of drug-likeness (QED) is 0.0866. The van der Waals surface area contributed by atoms with Gasteiger partial charge in [0.1, 0.15) is 5.75 Å². The molecule has 3 N–H and O–H groups in total. The lowest BCUT2D eigenvalue weighted by Crippen LogP contribution is -2.51. The number of aryl methyl sites for hydroxylation is 1. The van der Waals surface area contributed by atoms with Gasteiger partial charge in [0.15, 0.2) is 5.60 Å². The predicted molar refractivity (Wildman–Crippen MR) is 262 cm³/mol. The van der Waals surface area contributed by atoms with E-state index in [1.807, 2.05) is 128 Å². The molecule has 0 saturated carbocycles. The number of benzene rings is 6. The number of anilines is 3. The minimum atomic E-state index is -2.51. The van der Waals surface area contributed by atoms with Crippen molar-refractivity contribution in [3.8, 4) is 5.75 Å². The van der Waals surface area contributed by atoms with Gasteiger partial charge in [-0.25, -0.2) is 0 Å². The summed E-state index contributed by atoms with van der Waals surface area (Å²) < 4.78 is 14.8. The summed E-state index contributed by atoms with van der Waals surface area (Å²) in [7, 11) is -0.853. The predicted octanol–water partition coefficient (Wildman–Crippen LogP) is 8.77. The Kier molecular flexibility index (Phi) is 12.7. The molecule has 6 aromatic carbocycles. The molecule has 0 aliphatic carbocycles. The van der Waals surface area contributed by atoms with Gasteiger partial charge in [0.2, 0.25) is 0 Å². The van der Waals surface area contributed by atoms with Crippen molar-refractivity contribution in [2.75, 3.05) is 29.3 Å². The number of aliphatic hydroxyl groups is 1. The van der Waals surface area contributed by atoms with Gasteiger partial charge in [-0.15, -0.1) is 5.10 Å². The minimum Gasteiger partial charge on any atom is -0.497 e. The van der Waals surface area contributed by atoms with E-state index in [9.17, 15) is 14.7 Å². The molecule has 1 aromatic heterocycles. The highest BCUT2D eigenvalue weighted by atomic mass is 28.3. The Labute approximate surface area is 391 Å². The van der Waals surface area contributed by atoms with Crippen LogP contribution in [-0.2, 0) is 28.2 Å². The summed E-state index contributed by atoms with van der Waals surface area (Å²) in [6.45, 7) is 7.43. The van der Waals surface area contributed by atoms with Gasteiger partial charge in [0.25, 0.3) is 17.7 Å². The van der Waals surface area contributed by atoms with Crippen LogP contribution >= 0.6 is 0 Å². The maximum absolute atomic E-state index is 15.7. The zero-order valence-electron chi connectivity index (χ0n) is 38.0. The average Bonchev–Trinajstić information content (AvgIpc) is 4.02. The van der Waals surface area contributed by atoms with Crippen molar-refractivity contribution in [2.45, 2.75) is 62.7 Å². The highest BCUT2D eigenvalue weighted by Gasteiger charge is 2.66. The van der Waals surface area contributed by atoms with Crippen LogP contribution in [0.3, 0.4) is 0 Å². The Morgan fingerprint density at radius 2 is 1.40 bits per heavy atom. The number of carbonyl (C=O) groups is 3. The molecule has 0 bridgehead atoms. The van der Waals surface area contributed by atoms with Gasteiger partial charge in [-0.1, -0.05) is 121 Å². The van der Waals surface area contributed by atoms with E-state index in [0.29, 0.717) is 52.4 Å². The van der Waals surface area contributed by atoms with E-state index in [1.54, 1.807) is 41.0 Å². The van der Waals surface area contributed by atoms with Gasteiger partial charge >= 0.3 is 0 Å². The molecule has 2 aliphatic heterocycles. The zero-order valence-corrected chi connectivity index (χ0v) is 39.0. The summed E-state index contributed by atoms with van der Waals surface area (Å²) in [6, 6.07) is 49.3. The van der Waals surface area contributed by atoms with Crippen LogP contribution in [0.25, 0.3) is 0 Å². The van der Waals surface area contributed by atoms with E-state index in [-0.39, 0.29) is 54.4 Å². The molecule has 12 nitrogen and oxygen atoms in total. The molecule has 13 heteroatoms. The van der Waals surface area contributed by atoms with Crippen molar-refractivity contribution >= 4 is 48.0 Å². The molecule has 1 saturated heterocycles. The molecule has 3 heterocycles. The summed E-state index contributed by atoms with van der Waals surface area (Å²) in [5.41, 5.74) is 4.68. The van der Waals surface area contributed by atoms with Gasteiger partial charge in [-0.05, 0) is 89.8 Å². The van der Waals surface area contributed by atoms with Crippen molar-refractivity contribution in [3.63, 3.8) is 0 Å². The number of carbonyl (C=O) groups excluding carboxylic acids is 3. The number of methoxy groups -OCH3 is 1. The highest BCUT2D eigenvalue weighted by molar-refractivity contribution is 6.91. The summed E-state index contributed by atoms with van der Waals surface area (Å²) in [6.07, 6.45) is 2.03. The molecule has 2 aliphatic rings. The number of rotatable bonds is 15. The van der Waals surface area contributed by atoms with E-state index >= 15 is 4.79 Å². The standard InChI is InChI=1S/C54H54N6O6Si/c1-36-50(67(3,4)44-27-25-43(65-2)26-28-44)49(30-31-59-34-47(57-58-59)45(35-61)38-14-8-5-9-15-38)66-54(36)46-32-42(56-52(63)40-18-12-7-13-19-40)24-29-48(46)60(53(54)64)33-37-20-22-41(23-21-37)55-51(62)39-16-10-6-11-17-39/h5-29,32,34,36,45,49-50,61H,30-31,33,35H2,1-4H3,(H,55,62)(H,56,63)/t36-,45?,49+,50-,54+/m1/s1. The van der Waals surface area contributed by atoms with Crippen LogP contribution in [0.4, 0.5) is 17.1 Å². The fourth-order valence-electron chi connectivity index (χ4n) is 10.2. The number of hydrogen-bond acceptors (Lipinski definition) is 8. The number of nitrogens with one attached hydrogen (secondary N) is 2. The van der Waals surface area contributed by atoms with E-state index in [1.165, 1.54) is 5.19 Å². The Morgan fingerprint density at radius 3 is 2.01 bits per heavy atom. The van der Waals surface area contributed by atoms with Crippen LogP contribution in [0.15, 0.2) is 164 Å². The van der Waals surface area contributed by atoms with Crippen molar-refractivity contribution < 1.29 is 29.0 Å². The third-order valence-corrected chi connectivity index (χ3v) is 18.0. The number of fused-ring (bicyclic) bond motifs is 2. The van der Waals surface area contributed by atoms with Gasteiger partial charge < -0.3 is 30.1 Å². The lowest BCUT2D eigenvalue weighted by atomic mass is 9.82. The van der Waals surface area contributed by atoms with E-state index in [2.05, 4.69) is 53.1 Å². The van der Waals surface area contributed by atoms with Crippen molar-refractivity contribution in [1.82, 2.24) is 15.0 Å². The number of hydrogen-bond donors (Lipinski definition) is 3. The topological polar surface area (TPSA) is 148 Å². The molecule has 7 aromatic rings. The molecule has 1 spiro atoms. The maximum atomic E-state index is 15.7. The third kappa shape index (κ3) is 8.81. The molecule has 0 radical (unpaired) electrons. The second-order valence-corrected chi connectivity index (χ2v) is 22.6. The zero-order chi connectivity index (χ0) is 46.7. The van der Waals surface area contributed by atoms with E-state index < -0.39 is 13.7 Å². The molecule has 340 valence electrons. The monoisotopic (exact) mass is 910 g/mol. The van der Waals surface area contributed by atoms with Crippen LogP contribution in [-0.4, -0.2) is 65.7 Å². The van der Waals surface area contributed by atoms with E-state index in [0.717, 1.165) is 16.9 Å². The molecule has 3 amide bonds. The fourth-order valence-corrected chi connectivity index (χ4v) is 14.2. The van der Waals surface area contributed by atoms with Crippen molar-refractivity contribution in [2.24, 2.45) is 5.92 Å². The maximum Gasteiger partial charge on any atom is 0.264 e. The van der Waals surface area contributed by atoms with Crippen LogP contribution in [0.1, 0.15) is 62.4 Å². The lowest BCUT2D eigenvalue weighted by molar-refractivity contribution is -0.146. The Hall–Kier alpha value is -7.19. The fraction of sp³-hybridized carbons (Fsp3) is 0.241. The molecule has 5 atom stereocenters. The van der Waals surface area contributed by atoms with Gasteiger partial charge in [-0.2, -0.15) is 0 Å². The smallest absolute Gasteiger partial charge is 0.264 e. The number of aromatic nitrogens is 3. The SMILES string of the molecule is COc1ccc([Si](C)(C)[C@H]2[C@H](CCn3cc(C(CO)c4ccccc4)nn3)O[C@@]3(C(=O)N(Cc4ccc(NC(=O)c5ccccc5)cc4)c4ccc(NC(=O)c5ccccc5)cc43)[C@@H]2C)cc1. The normalized spacial score (nSPS) is 19.3. The highest BCUT2D eigenvalue weighted by Crippen LogP contribution is 2.60. The Morgan fingerprint density at radius 1 is 0.806 bits per heavy atom. The van der Waals surface area contributed by atoms with Gasteiger partial charge in [-0.3, -0.25) is 19.1 Å². The lowest BCUT2D eigenvalue weighted by Gasteiger charge is -2.37. The summed E-state index contributed by atoms with van der Waals surface area (Å²) in [5, 5.41) is 26.7. The molecular formula is C54H54N6O6Si. The van der Waals surface area contributed by atoms with Gasteiger partial charge in [0.05, 0.1) is 51.7 Å². The second kappa shape index (κ2) is 19.0. The summed E-state index contributed by atoms with van der Waals surface area (Å²) >= 11 is 0. The average molecular weight is 911 g/mol. The van der Waals surface area contributed by atoms with Crippen LogP contribution in [0.2, 0.25) is 18.6 Å². The second-order valence-electron chi connectivity index (χ2n) is 18.0. The third-order valence-electron chi connectivity index (χ3n) is 13.7. The van der Waals surface area contributed by atoms with Gasteiger partial charge in [0, 0.05) is 46.7 Å². The number of amides is 3. The van der Waals surface area contributed by atoms with Crippen molar-refractivity contribution in [1.29, 1.82) is 0 Å². The van der Waals surface area contributed by atoms with Crippen molar-refractivity contribution in [3.05, 3.63) is 197 Å². The van der Waals surface area contributed by atoms with Crippen LogP contribution in [0, 0.1) is 5.92 Å². The number of aliphatic hydroxyl groups excluding tert-OH is 1. The molecule has 9 rings (SSSR count). The first-order chi connectivity index (χ1) is 32.5. The number of ether oxygens (including phenoxy) is 2. The Bertz CT molecular complexity index is 2860. The van der Waals surface area contributed by atoms with Crippen LogP contribution in [0.5, 0.6) is 5.75 Å². The molecule has 1 unspecified atom stereocenters. The summed E-state index contributed by atoms with van der Waals surface area (Å²) in [5.74, 6) is -0.513. The number of nitrogens with zero attached hydrogens (tertiary/aromatic N) is 4. The Balaban J connectivity index is 1.07. The summed E-state index contributed by atoms with van der Waals surface area (Å²) in [4.78, 5) is 44.0. The molecule has 67 heavy (non-hydrogen) atoms. The first-order valence-electron chi connectivity index (χ1n) is 22.7. The van der Waals surface area contributed by atoms with E-state index in [4.69, 9.17) is 9.47 Å². The first-order valence-corrected chi connectivity index (χ1v) is 25.7. The minimum absolute atomic E-state index is 0.0646. The first kappa shape index (κ1) is 45.0. The largest absolute Gasteiger partial charge is 0.497 e.